The lowest BCUT2D eigenvalue weighted by atomic mass is 9.99. The highest BCUT2D eigenvalue weighted by molar-refractivity contribution is 7.86. The van der Waals surface area contributed by atoms with E-state index in [-0.39, 0.29) is 18.4 Å². The SMILES string of the molecule is COc1ccccc1OCCNC(=O)[C@H]1CCCN(S(=O)(=O)N(C)C)C1. The van der Waals surface area contributed by atoms with Crippen molar-refractivity contribution >= 4 is 16.1 Å². The van der Waals surface area contributed by atoms with Crippen molar-refractivity contribution in [2.75, 3.05) is 47.4 Å². The van der Waals surface area contributed by atoms with Crippen molar-refractivity contribution in [3.63, 3.8) is 0 Å². The van der Waals surface area contributed by atoms with Crippen LogP contribution in [0.1, 0.15) is 12.8 Å². The number of amides is 1. The fraction of sp³-hybridized carbons (Fsp3) is 0.588. The van der Waals surface area contributed by atoms with Crippen molar-refractivity contribution in [1.29, 1.82) is 0 Å². The van der Waals surface area contributed by atoms with Gasteiger partial charge < -0.3 is 14.8 Å². The molecule has 1 aliphatic heterocycles. The van der Waals surface area contributed by atoms with Gasteiger partial charge in [0.25, 0.3) is 10.2 Å². The molecule has 1 atom stereocenters. The second-order valence-electron chi connectivity index (χ2n) is 6.28. The van der Waals surface area contributed by atoms with Crippen LogP contribution in [0, 0.1) is 5.92 Å². The van der Waals surface area contributed by atoms with Crippen molar-refractivity contribution in [2.24, 2.45) is 5.92 Å². The van der Waals surface area contributed by atoms with Gasteiger partial charge in [-0.05, 0) is 25.0 Å². The molecular formula is C17H27N3O5S. The number of hydrogen-bond donors (Lipinski definition) is 1. The van der Waals surface area contributed by atoms with Crippen molar-refractivity contribution in [3.8, 4) is 11.5 Å². The molecule has 2 rings (SSSR count). The van der Waals surface area contributed by atoms with Gasteiger partial charge in [0, 0.05) is 27.2 Å². The van der Waals surface area contributed by atoms with Gasteiger partial charge in [-0.25, -0.2) is 0 Å². The molecule has 0 spiro atoms. The molecule has 1 aromatic carbocycles. The zero-order valence-corrected chi connectivity index (χ0v) is 16.3. The first kappa shape index (κ1) is 20.5. The van der Waals surface area contributed by atoms with Crippen LogP contribution in [0.5, 0.6) is 11.5 Å². The summed E-state index contributed by atoms with van der Waals surface area (Å²) in [6.07, 6.45) is 1.35. The summed E-state index contributed by atoms with van der Waals surface area (Å²) in [5.41, 5.74) is 0. The number of hydrogen-bond acceptors (Lipinski definition) is 5. The molecule has 0 bridgehead atoms. The summed E-state index contributed by atoms with van der Waals surface area (Å²) in [5, 5.41) is 2.82. The summed E-state index contributed by atoms with van der Waals surface area (Å²) >= 11 is 0. The Hall–Kier alpha value is -1.84. The van der Waals surface area contributed by atoms with Crippen LogP contribution < -0.4 is 14.8 Å². The molecule has 0 aromatic heterocycles. The summed E-state index contributed by atoms with van der Waals surface area (Å²) in [6.45, 7) is 1.30. The maximum absolute atomic E-state index is 12.3. The zero-order chi connectivity index (χ0) is 19.2. The predicted molar refractivity (Wildman–Crippen MR) is 98.4 cm³/mol. The number of rotatable bonds is 8. The number of carbonyl (C=O) groups excluding carboxylic acids is 1. The summed E-state index contributed by atoms with van der Waals surface area (Å²) in [6, 6.07) is 7.30. The lowest BCUT2D eigenvalue weighted by Gasteiger charge is -2.32. The summed E-state index contributed by atoms with van der Waals surface area (Å²) in [4.78, 5) is 12.3. The van der Waals surface area contributed by atoms with Gasteiger partial charge in [0.15, 0.2) is 11.5 Å². The molecule has 9 heteroatoms. The van der Waals surface area contributed by atoms with Crippen LogP contribution in [-0.4, -0.2) is 70.4 Å². The number of nitrogens with one attached hydrogen (secondary N) is 1. The molecular weight excluding hydrogens is 358 g/mol. The smallest absolute Gasteiger partial charge is 0.281 e. The van der Waals surface area contributed by atoms with Gasteiger partial charge in [-0.1, -0.05) is 12.1 Å². The Labute approximate surface area is 155 Å². The molecule has 0 unspecified atom stereocenters. The Balaban J connectivity index is 1.80. The molecule has 1 N–H and O–H groups in total. The van der Waals surface area contributed by atoms with E-state index in [1.165, 1.54) is 22.7 Å². The third-order valence-electron chi connectivity index (χ3n) is 4.27. The van der Waals surface area contributed by atoms with Crippen LogP contribution in [-0.2, 0) is 15.0 Å². The highest BCUT2D eigenvalue weighted by Crippen LogP contribution is 2.25. The number of ether oxygens (including phenoxy) is 2. The summed E-state index contributed by atoms with van der Waals surface area (Å²) in [5.74, 6) is 0.762. The normalized spacial score (nSPS) is 18.5. The minimum absolute atomic E-state index is 0.146. The Kier molecular flexibility index (Phi) is 7.24. The summed E-state index contributed by atoms with van der Waals surface area (Å²) in [7, 11) is 1.07. The summed E-state index contributed by atoms with van der Waals surface area (Å²) < 4.78 is 37.8. The number of nitrogens with zero attached hydrogens (tertiary/aromatic N) is 2. The largest absolute Gasteiger partial charge is 0.493 e. The average Bonchev–Trinajstić information content (AvgIpc) is 2.65. The van der Waals surface area contributed by atoms with E-state index in [1.807, 2.05) is 12.1 Å². The first-order valence-electron chi connectivity index (χ1n) is 8.57. The molecule has 0 aliphatic carbocycles. The molecule has 0 saturated carbocycles. The third kappa shape index (κ3) is 5.09. The number of methoxy groups -OCH3 is 1. The second kappa shape index (κ2) is 9.20. The lowest BCUT2D eigenvalue weighted by Crippen LogP contribution is -2.49. The monoisotopic (exact) mass is 385 g/mol. The number of benzene rings is 1. The van der Waals surface area contributed by atoms with Crippen molar-refractivity contribution < 1.29 is 22.7 Å². The van der Waals surface area contributed by atoms with Crippen LogP contribution in [0.2, 0.25) is 0 Å². The zero-order valence-electron chi connectivity index (χ0n) is 15.5. The molecule has 1 heterocycles. The standard InChI is InChI=1S/C17H27N3O5S/c1-19(2)26(22,23)20-11-6-7-14(13-20)17(21)18-10-12-25-16-9-5-4-8-15(16)24-3/h4-5,8-9,14H,6-7,10-13H2,1-3H3,(H,18,21)/t14-/m0/s1. The van der Waals surface area contributed by atoms with E-state index in [2.05, 4.69) is 5.32 Å². The predicted octanol–water partition coefficient (Wildman–Crippen LogP) is 0.709. The fourth-order valence-electron chi connectivity index (χ4n) is 2.81. The van der Waals surface area contributed by atoms with E-state index in [0.29, 0.717) is 44.0 Å². The van der Waals surface area contributed by atoms with Crippen molar-refractivity contribution in [3.05, 3.63) is 24.3 Å². The molecule has 1 aromatic rings. The molecule has 0 radical (unpaired) electrons. The third-order valence-corrected chi connectivity index (χ3v) is 6.18. The van der Waals surface area contributed by atoms with Crippen molar-refractivity contribution in [1.82, 2.24) is 13.9 Å². The molecule has 26 heavy (non-hydrogen) atoms. The highest BCUT2D eigenvalue weighted by atomic mass is 32.2. The Morgan fingerprint density at radius 1 is 1.31 bits per heavy atom. The van der Waals surface area contributed by atoms with Gasteiger partial charge in [-0.3, -0.25) is 4.79 Å². The maximum Gasteiger partial charge on any atom is 0.281 e. The molecule has 1 fully saturated rings. The minimum atomic E-state index is -3.49. The maximum atomic E-state index is 12.3. The minimum Gasteiger partial charge on any atom is -0.493 e. The van der Waals surface area contributed by atoms with E-state index >= 15 is 0 Å². The van der Waals surface area contributed by atoms with Crippen LogP contribution in [0.25, 0.3) is 0 Å². The van der Waals surface area contributed by atoms with E-state index in [0.717, 1.165) is 0 Å². The number of piperidine rings is 1. The molecule has 1 amide bonds. The lowest BCUT2D eigenvalue weighted by molar-refractivity contribution is -0.126. The fourth-order valence-corrected chi connectivity index (χ4v) is 4.00. The van der Waals surface area contributed by atoms with Crippen LogP contribution in [0.4, 0.5) is 0 Å². The van der Waals surface area contributed by atoms with Gasteiger partial charge in [0.1, 0.15) is 6.61 Å². The van der Waals surface area contributed by atoms with E-state index < -0.39 is 10.2 Å². The average molecular weight is 385 g/mol. The molecule has 1 saturated heterocycles. The number of carbonyl (C=O) groups is 1. The van der Waals surface area contributed by atoms with E-state index in [4.69, 9.17) is 9.47 Å². The van der Waals surface area contributed by atoms with Crippen molar-refractivity contribution in [2.45, 2.75) is 12.8 Å². The van der Waals surface area contributed by atoms with Gasteiger partial charge in [0.2, 0.25) is 5.91 Å². The first-order chi connectivity index (χ1) is 12.4. The molecule has 1 aliphatic rings. The van der Waals surface area contributed by atoms with Gasteiger partial charge >= 0.3 is 0 Å². The second-order valence-corrected chi connectivity index (χ2v) is 8.42. The quantitative estimate of drug-likeness (QED) is 0.666. The van der Waals surface area contributed by atoms with E-state index in [9.17, 15) is 13.2 Å². The Morgan fingerprint density at radius 2 is 2.00 bits per heavy atom. The Morgan fingerprint density at radius 3 is 2.65 bits per heavy atom. The van der Waals surface area contributed by atoms with Crippen LogP contribution in [0.3, 0.4) is 0 Å². The topological polar surface area (TPSA) is 88.2 Å². The molecule has 146 valence electrons. The Bertz CT molecular complexity index is 708. The number of para-hydroxylation sites is 2. The van der Waals surface area contributed by atoms with Crippen LogP contribution in [0.15, 0.2) is 24.3 Å². The van der Waals surface area contributed by atoms with Gasteiger partial charge in [-0.2, -0.15) is 17.0 Å². The van der Waals surface area contributed by atoms with E-state index in [1.54, 1.807) is 19.2 Å². The molecule has 8 nitrogen and oxygen atoms in total. The van der Waals surface area contributed by atoms with Gasteiger partial charge in [0.05, 0.1) is 19.6 Å². The highest BCUT2D eigenvalue weighted by Gasteiger charge is 2.33. The first-order valence-corrected chi connectivity index (χ1v) is 9.97. The van der Waals surface area contributed by atoms with Gasteiger partial charge in [-0.15, -0.1) is 0 Å². The van der Waals surface area contributed by atoms with Crippen LogP contribution >= 0.6 is 0 Å².